The van der Waals surface area contributed by atoms with E-state index in [0.29, 0.717) is 5.96 Å². The number of hydrogen-bond acceptors (Lipinski definition) is 5. The van der Waals surface area contributed by atoms with E-state index in [1.54, 1.807) is 11.3 Å². The molecule has 1 aromatic carbocycles. The minimum Gasteiger partial charge on any atom is -0.370 e. The summed E-state index contributed by atoms with van der Waals surface area (Å²) < 4.78 is 0. The fourth-order valence-corrected chi connectivity index (χ4v) is 4.71. The van der Waals surface area contributed by atoms with Crippen LogP contribution >= 0.6 is 11.3 Å². The van der Waals surface area contributed by atoms with Crippen molar-refractivity contribution in [3.63, 3.8) is 0 Å². The molecule has 0 saturated carbocycles. The first-order valence-corrected chi connectivity index (χ1v) is 8.51. The van der Waals surface area contributed by atoms with Gasteiger partial charge in [-0.05, 0) is 49.8 Å². The monoisotopic (exact) mass is 312 g/mol. The number of nitrogens with one attached hydrogen (secondary N) is 1. The molecule has 3 N–H and O–H groups in total. The van der Waals surface area contributed by atoms with Crippen molar-refractivity contribution in [2.24, 2.45) is 10.7 Å². The van der Waals surface area contributed by atoms with Crippen molar-refractivity contribution >= 4 is 17.3 Å². The van der Waals surface area contributed by atoms with Crippen molar-refractivity contribution in [2.75, 3.05) is 6.54 Å². The Morgan fingerprint density at radius 3 is 2.86 bits per heavy atom. The van der Waals surface area contributed by atoms with Crippen LogP contribution in [0.5, 0.6) is 0 Å². The van der Waals surface area contributed by atoms with Crippen LogP contribution in [0.4, 0.5) is 0 Å². The van der Waals surface area contributed by atoms with Crippen LogP contribution in [0.2, 0.25) is 0 Å². The van der Waals surface area contributed by atoms with Gasteiger partial charge in [0.1, 0.15) is 0 Å². The van der Waals surface area contributed by atoms with E-state index in [0.717, 1.165) is 36.5 Å². The van der Waals surface area contributed by atoms with Gasteiger partial charge < -0.3 is 11.1 Å². The first kappa shape index (κ1) is 13.8. The van der Waals surface area contributed by atoms with Gasteiger partial charge >= 0.3 is 0 Å². The quantitative estimate of drug-likeness (QED) is 0.850. The molecule has 0 saturated heterocycles. The zero-order valence-corrected chi connectivity index (χ0v) is 13.8. The van der Waals surface area contributed by atoms with Crippen molar-refractivity contribution < 1.29 is 0 Å². The Morgan fingerprint density at radius 1 is 1.32 bits per heavy atom. The molecule has 114 valence electrons. The SMILES string of the molecule is Cc1nc(C)c(-c2cccc3c2CC[C@@]2(CN=C(N)N2)C3)s1. The zero-order chi connectivity index (χ0) is 15.3. The molecule has 0 unspecified atom stereocenters. The zero-order valence-electron chi connectivity index (χ0n) is 12.9. The van der Waals surface area contributed by atoms with E-state index in [9.17, 15) is 0 Å². The largest absolute Gasteiger partial charge is 0.370 e. The molecule has 22 heavy (non-hydrogen) atoms. The Hall–Kier alpha value is -1.88. The molecule has 1 aromatic heterocycles. The number of guanidine groups is 1. The average molecular weight is 312 g/mol. The fourth-order valence-electron chi connectivity index (χ4n) is 3.74. The molecule has 0 radical (unpaired) electrons. The van der Waals surface area contributed by atoms with Crippen LogP contribution in [0.1, 0.15) is 28.2 Å². The summed E-state index contributed by atoms with van der Waals surface area (Å²) in [4.78, 5) is 10.3. The maximum atomic E-state index is 5.84. The molecule has 1 atom stereocenters. The summed E-state index contributed by atoms with van der Waals surface area (Å²) in [6, 6.07) is 6.66. The predicted molar refractivity (Wildman–Crippen MR) is 91.4 cm³/mol. The molecule has 0 amide bonds. The molecule has 2 aromatic rings. The van der Waals surface area contributed by atoms with Gasteiger partial charge in [0.15, 0.2) is 5.96 Å². The van der Waals surface area contributed by atoms with E-state index in [1.807, 2.05) is 0 Å². The highest BCUT2D eigenvalue weighted by Crippen LogP contribution is 2.39. The van der Waals surface area contributed by atoms with Gasteiger partial charge in [-0.1, -0.05) is 18.2 Å². The van der Waals surface area contributed by atoms with E-state index >= 15 is 0 Å². The van der Waals surface area contributed by atoms with Crippen molar-refractivity contribution in [3.05, 3.63) is 40.0 Å². The van der Waals surface area contributed by atoms with Crippen molar-refractivity contribution in [1.82, 2.24) is 10.3 Å². The third-order valence-electron chi connectivity index (χ3n) is 4.75. The highest BCUT2D eigenvalue weighted by Gasteiger charge is 2.38. The molecule has 0 bridgehead atoms. The van der Waals surface area contributed by atoms with Gasteiger partial charge in [-0.3, -0.25) is 4.99 Å². The van der Waals surface area contributed by atoms with Gasteiger partial charge in [0, 0.05) is 0 Å². The van der Waals surface area contributed by atoms with Crippen LogP contribution in [0, 0.1) is 13.8 Å². The molecule has 1 aliphatic heterocycles. The average Bonchev–Trinajstić information content (AvgIpc) is 3.00. The molecule has 4 rings (SSSR count). The third kappa shape index (κ3) is 2.11. The predicted octanol–water partition coefficient (Wildman–Crippen LogP) is 2.57. The number of nitrogens with two attached hydrogens (primary N) is 1. The minimum absolute atomic E-state index is 0.0361. The Morgan fingerprint density at radius 2 is 2.18 bits per heavy atom. The van der Waals surface area contributed by atoms with Gasteiger partial charge in [0.2, 0.25) is 0 Å². The second-order valence-corrected chi connectivity index (χ2v) is 7.58. The fraction of sp³-hybridized carbons (Fsp3) is 0.412. The van der Waals surface area contributed by atoms with Crippen LogP contribution in [-0.2, 0) is 12.8 Å². The van der Waals surface area contributed by atoms with Crippen LogP contribution in [-0.4, -0.2) is 23.0 Å². The number of nitrogens with zero attached hydrogens (tertiary/aromatic N) is 2. The summed E-state index contributed by atoms with van der Waals surface area (Å²) in [6.45, 7) is 4.98. The van der Waals surface area contributed by atoms with E-state index in [2.05, 4.69) is 47.3 Å². The van der Waals surface area contributed by atoms with Crippen LogP contribution in [0.15, 0.2) is 23.2 Å². The van der Waals surface area contributed by atoms with E-state index in [4.69, 9.17) is 5.73 Å². The second kappa shape index (κ2) is 4.81. The molecule has 1 aliphatic carbocycles. The lowest BCUT2D eigenvalue weighted by Crippen LogP contribution is -2.51. The standard InChI is InChI=1S/C17H20N4S/c1-10-15(22-11(2)20-10)14-5-3-4-12-8-17(7-6-13(12)14)9-19-16(18)21-17/h3-5H,6-9H2,1-2H3,(H3,18,19,21)/t17-/m0/s1. The summed E-state index contributed by atoms with van der Waals surface area (Å²) in [5.41, 5.74) is 11.3. The lowest BCUT2D eigenvalue weighted by atomic mass is 9.76. The first-order chi connectivity index (χ1) is 10.6. The lowest BCUT2D eigenvalue weighted by molar-refractivity contribution is 0.362. The van der Waals surface area contributed by atoms with Crippen molar-refractivity contribution in [2.45, 2.75) is 38.6 Å². The Labute approximate surface area is 134 Å². The summed E-state index contributed by atoms with van der Waals surface area (Å²) >= 11 is 1.80. The van der Waals surface area contributed by atoms with Crippen LogP contribution in [0.3, 0.4) is 0 Å². The lowest BCUT2D eigenvalue weighted by Gasteiger charge is -2.35. The number of aryl methyl sites for hydroxylation is 2. The first-order valence-electron chi connectivity index (χ1n) is 7.70. The number of hydrogen-bond donors (Lipinski definition) is 2. The van der Waals surface area contributed by atoms with E-state index < -0.39 is 0 Å². The number of aromatic nitrogens is 1. The van der Waals surface area contributed by atoms with Gasteiger partial charge in [0.05, 0.1) is 27.7 Å². The maximum Gasteiger partial charge on any atom is 0.189 e. The van der Waals surface area contributed by atoms with E-state index in [1.165, 1.54) is 21.6 Å². The van der Waals surface area contributed by atoms with E-state index in [-0.39, 0.29) is 5.54 Å². The number of benzene rings is 1. The molecule has 0 fully saturated rings. The van der Waals surface area contributed by atoms with Gasteiger partial charge in [0.25, 0.3) is 0 Å². The molecule has 5 heteroatoms. The Bertz CT molecular complexity index is 777. The van der Waals surface area contributed by atoms with Gasteiger partial charge in [-0.25, -0.2) is 4.98 Å². The van der Waals surface area contributed by atoms with Crippen LogP contribution < -0.4 is 11.1 Å². The highest BCUT2D eigenvalue weighted by atomic mass is 32.1. The smallest absolute Gasteiger partial charge is 0.189 e. The Kier molecular flexibility index (Phi) is 3.01. The number of rotatable bonds is 1. The number of aliphatic imine (C=N–C) groups is 1. The molecular weight excluding hydrogens is 292 g/mol. The molecule has 2 aliphatic rings. The summed E-state index contributed by atoms with van der Waals surface area (Å²) in [6.07, 6.45) is 3.15. The molecule has 4 nitrogen and oxygen atoms in total. The number of fused-ring (bicyclic) bond motifs is 1. The minimum atomic E-state index is 0.0361. The number of thiazole rings is 1. The van der Waals surface area contributed by atoms with Crippen molar-refractivity contribution in [3.8, 4) is 10.4 Å². The normalized spacial score (nSPS) is 23.3. The topological polar surface area (TPSA) is 63.3 Å². The third-order valence-corrected chi connectivity index (χ3v) is 5.86. The van der Waals surface area contributed by atoms with Crippen LogP contribution in [0.25, 0.3) is 10.4 Å². The Balaban J connectivity index is 1.74. The molecule has 1 spiro atoms. The van der Waals surface area contributed by atoms with Gasteiger partial charge in [-0.15, -0.1) is 11.3 Å². The maximum absolute atomic E-state index is 5.84. The molecule has 2 heterocycles. The summed E-state index contributed by atoms with van der Waals surface area (Å²) in [5, 5.41) is 4.54. The molecular formula is C17H20N4S. The second-order valence-electron chi connectivity index (χ2n) is 6.37. The summed E-state index contributed by atoms with van der Waals surface area (Å²) in [7, 11) is 0. The summed E-state index contributed by atoms with van der Waals surface area (Å²) in [5.74, 6) is 0.591. The van der Waals surface area contributed by atoms with Crippen molar-refractivity contribution in [1.29, 1.82) is 0 Å². The van der Waals surface area contributed by atoms with Gasteiger partial charge in [-0.2, -0.15) is 0 Å². The highest BCUT2D eigenvalue weighted by molar-refractivity contribution is 7.15.